The van der Waals surface area contributed by atoms with Crippen LogP contribution in [0.15, 0.2) is 22.7 Å². The van der Waals surface area contributed by atoms with Crippen LogP contribution >= 0.6 is 15.9 Å². The van der Waals surface area contributed by atoms with Gasteiger partial charge in [-0.2, -0.15) is 0 Å². The fourth-order valence-corrected chi connectivity index (χ4v) is 2.05. The van der Waals surface area contributed by atoms with Crippen molar-refractivity contribution in [3.63, 3.8) is 0 Å². The molecule has 0 radical (unpaired) electrons. The minimum atomic E-state index is 0.169. The Balaban J connectivity index is 2.91. The van der Waals surface area contributed by atoms with Crippen molar-refractivity contribution < 1.29 is 9.47 Å². The maximum absolute atomic E-state index is 5.50. The van der Waals surface area contributed by atoms with E-state index < -0.39 is 0 Å². The van der Waals surface area contributed by atoms with E-state index in [4.69, 9.17) is 9.47 Å². The summed E-state index contributed by atoms with van der Waals surface area (Å²) >= 11 is 3.45. The summed E-state index contributed by atoms with van der Waals surface area (Å²) in [5, 5.41) is 3.41. The summed E-state index contributed by atoms with van der Waals surface area (Å²) in [7, 11) is 1.69. The van der Waals surface area contributed by atoms with Crippen LogP contribution < -0.4 is 10.1 Å². The lowest BCUT2D eigenvalue weighted by molar-refractivity contribution is 0.122. The molecular weight excluding hydrogens is 282 g/mol. The summed E-state index contributed by atoms with van der Waals surface area (Å²) in [4.78, 5) is 0. The van der Waals surface area contributed by atoms with E-state index in [1.807, 2.05) is 19.1 Å². The number of benzene rings is 1. The summed E-state index contributed by atoms with van der Waals surface area (Å²) in [6.45, 7) is 6.37. The highest BCUT2D eigenvalue weighted by atomic mass is 79.9. The minimum Gasteiger partial charge on any atom is -0.496 e. The molecule has 0 amide bonds. The number of ether oxygens (including phenoxy) is 2. The van der Waals surface area contributed by atoms with Gasteiger partial charge in [-0.1, -0.05) is 28.9 Å². The first-order valence-electron chi connectivity index (χ1n) is 5.87. The molecule has 0 saturated heterocycles. The topological polar surface area (TPSA) is 30.5 Å². The molecule has 1 atom stereocenters. The summed E-state index contributed by atoms with van der Waals surface area (Å²) < 4.78 is 11.9. The van der Waals surface area contributed by atoms with Gasteiger partial charge in [0, 0.05) is 16.6 Å². The average molecular weight is 302 g/mol. The second-order valence-electron chi connectivity index (χ2n) is 3.66. The predicted octanol–water partition coefficient (Wildman–Crippen LogP) is 3.14. The first kappa shape index (κ1) is 14.5. The van der Waals surface area contributed by atoms with E-state index in [1.54, 1.807) is 7.11 Å². The first-order valence-corrected chi connectivity index (χ1v) is 6.66. The van der Waals surface area contributed by atoms with Crippen LogP contribution in [-0.2, 0) is 4.74 Å². The fourth-order valence-electron chi connectivity index (χ4n) is 1.71. The molecule has 0 spiro atoms. The number of hydrogen-bond acceptors (Lipinski definition) is 3. The van der Waals surface area contributed by atoms with E-state index >= 15 is 0 Å². The number of likely N-dealkylation sites (N-methyl/N-ethyl adjacent to an activating group) is 1. The molecule has 1 aromatic carbocycles. The summed E-state index contributed by atoms with van der Waals surface area (Å²) in [5.74, 6) is 0.880. The standard InChI is InChI=1S/C13H20BrNO2/c1-4-15-12(9-17-5-2)11-7-6-10(14)8-13(11)16-3/h6-8,12,15H,4-5,9H2,1-3H3. The van der Waals surface area contributed by atoms with Gasteiger partial charge in [-0.25, -0.2) is 0 Å². The SMILES string of the molecule is CCNC(COCC)c1ccc(Br)cc1OC. The van der Waals surface area contributed by atoms with Gasteiger partial charge >= 0.3 is 0 Å². The third-order valence-electron chi connectivity index (χ3n) is 2.51. The Morgan fingerprint density at radius 3 is 2.71 bits per heavy atom. The van der Waals surface area contributed by atoms with Gasteiger partial charge in [0.25, 0.3) is 0 Å². The summed E-state index contributed by atoms with van der Waals surface area (Å²) in [5.41, 5.74) is 1.13. The van der Waals surface area contributed by atoms with Crippen LogP contribution in [0.4, 0.5) is 0 Å². The van der Waals surface area contributed by atoms with E-state index in [-0.39, 0.29) is 6.04 Å². The molecule has 4 heteroatoms. The van der Waals surface area contributed by atoms with E-state index in [0.29, 0.717) is 6.61 Å². The highest BCUT2D eigenvalue weighted by Crippen LogP contribution is 2.28. The van der Waals surface area contributed by atoms with E-state index in [9.17, 15) is 0 Å². The molecule has 0 heterocycles. The first-order chi connectivity index (χ1) is 8.22. The molecule has 0 aliphatic carbocycles. The second kappa shape index (κ2) is 7.69. The molecule has 17 heavy (non-hydrogen) atoms. The number of nitrogens with one attached hydrogen (secondary N) is 1. The molecule has 0 fully saturated rings. The lowest BCUT2D eigenvalue weighted by Gasteiger charge is -2.20. The number of halogens is 1. The third kappa shape index (κ3) is 4.30. The van der Waals surface area contributed by atoms with Crippen molar-refractivity contribution in [3.05, 3.63) is 28.2 Å². The van der Waals surface area contributed by atoms with Gasteiger partial charge in [-0.15, -0.1) is 0 Å². The molecule has 3 nitrogen and oxygen atoms in total. The molecule has 1 rings (SSSR count). The molecule has 96 valence electrons. The second-order valence-corrected chi connectivity index (χ2v) is 4.57. The van der Waals surface area contributed by atoms with E-state index in [0.717, 1.165) is 28.9 Å². The zero-order chi connectivity index (χ0) is 12.7. The summed E-state index contributed by atoms with van der Waals surface area (Å²) in [6, 6.07) is 6.23. The molecule has 0 aliphatic rings. The van der Waals surface area contributed by atoms with Crippen LogP contribution in [0.5, 0.6) is 5.75 Å². The normalized spacial score (nSPS) is 12.5. The quantitative estimate of drug-likeness (QED) is 0.839. The van der Waals surface area contributed by atoms with Crippen LogP contribution in [0.3, 0.4) is 0 Å². The van der Waals surface area contributed by atoms with Gasteiger partial charge in [0.2, 0.25) is 0 Å². The Hall–Kier alpha value is -0.580. The number of rotatable bonds is 7. The van der Waals surface area contributed by atoms with Gasteiger partial charge in [0.15, 0.2) is 0 Å². The molecule has 1 N–H and O–H groups in total. The molecule has 0 aromatic heterocycles. The largest absolute Gasteiger partial charge is 0.496 e. The fraction of sp³-hybridized carbons (Fsp3) is 0.538. The van der Waals surface area contributed by atoms with Crippen molar-refractivity contribution in [1.82, 2.24) is 5.32 Å². The van der Waals surface area contributed by atoms with Crippen LogP contribution in [0.2, 0.25) is 0 Å². The van der Waals surface area contributed by atoms with E-state index in [1.165, 1.54) is 0 Å². The lowest BCUT2D eigenvalue weighted by Crippen LogP contribution is -2.25. The van der Waals surface area contributed by atoms with Gasteiger partial charge < -0.3 is 14.8 Å². The molecule has 1 aromatic rings. The van der Waals surface area contributed by atoms with Crippen LogP contribution in [0.25, 0.3) is 0 Å². The highest BCUT2D eigenvalue weighted by Gasteiger charge is 2.15. The maximum Gasteiger partial charge on any atom is 0.124 e. The van der Waals surface area contributed by atoms with Crippen molar-refractivity contribution >= 4 is 15.9 Å². The molecular formula is C13H20BrNO2. The molecule has 0 aliphatic heterocycles. The predicted molar refractivity (Wildman–Crippen MR) is 73.6 cm³/mol. The Kier molecular flexibility index (Phi) is 6.55. The van der Waals surface area contributed by atoms with Crippen molar-refractivity contribution in [2.45, 2.75) is 19.9 Å². The van der Waals surface area contributed by atoms with Gasteiger partial charge in [0.05, 0.1) is 19.8 Å². The monoisotopic (exact) mass is 301 g/mol. The van der Waals surface area contributed by atoms with Gasteiger partial charge in [-0.05, 0) is 25.6 Å². The van der Waals surface area contributed by atoms with Crippen molar-refractivity contribution in [2.75, 3.05) is 26.9 Å². The lowest BCUT2D eigenvalue weighted by atomic mass is 10.1. The Morgan fingerprint density at radius 1 is 1.35 bits per heavy atom. The van der Waals surface area contributed by atoms with Crippen molar-refractivity contribution in [2.24, 2.45) is 0 Å². The minimum absolute atomic E-state index is 0.169. The zero-order valence-corrected chi connectivity index (χ0v) is 12.2. The molecule has 1 unspecified atom stereocenters. The van der Waals surface area contributed by atoms with Crippen LogP contribution in [0.1, 0.15) is 25.5 Å². The Bertz CT molecular complexity index is 344. The highest BCUT2D eigenvalue weighted by molar-refractivity contribution is 9.10. The van der Waals surface area contributed by atoms with Crippen LogP contribution in [-0.4, -0.2) is 26.9 Å². The van der Waals surface area contributed by atoms with Gasteiger partial charge in [-0.3, -0.25) is 0 Å². The Morgan fingerprint density at radius 2 is 2.12 bits per heavy atom. The van der Waals surface area contributed by atoms with Gasteiger partial charge in [0.1, 0.15) is 5.75 Å². The third-order valence-corrected chi connectivity index (χ3v) is 3.00. The molecule has 0 bridgehead atoms. The Labute approximate surface area is 112 Å². The maximum atomic E-state index is 5.50. The number of methoxy groups -OCH3 is 1. The zero-order valence-electron chi connectivity index (χ0n) is 10.6. The van der Waals surface area contributed by atoms with Crippen molar-refractivity contribution in [3.8, 4) is 5.75 Å². The van der Waals surface area contributed by atoms with Crippen molar-refractivity contribution in [1.29, 1.82) is 0 Å². The van der Waals surface area contributed by atoms with E-state index in [2.05, 4.69) is 34.2 Å². The van der Waals surface area contributed by atoms with Crippen LogP contribution in [0, 0.1) is 0 Å². The molecule has 0 saturated carbocycles. The number of hydrogen-bond donors (Lipinski definition) is 1. The smallest absolute Gasteiger partial charge is 0.124 e. The summed E-state index contributed by atoms with van der Waals surface area (Å²) in [6.07, 6.45) is 0. The average Bonchev–Trinajstić information content (AvgIpc) is 2.34.